The van der Waals surface area contributed by atoms with Crippen LogP contribution in [0.25, 0.3) is 0 Å². The topological polar surface area (TPSA) is 45.9 Å². The highest BCUT2D eigenvalue weighted by Crippen LogP contribution is 2.27. The number of guanidine groups is 1. The third kappa shape index (κ3) is 2.83. The van der Waals surface area contributed by atoms with Crippen molar-refractivity contribution in [3.8, 4) is 6.19 Å². The Balaban J connectivity index is 1.84. The van der Waals surface area contributed by atoms with Crippen molar-refractivity contribution >= 4 is 5.96 Å². The fraction of sp³-hybridized carbons (Fsp3) is 0.412. The number of hydrogen-bond acceptors (Lipinski definition) is 5. The van der Waals surface area contributed by atoms with Gasteiger partial charge < -0.3 is 4.90 Å². The standard InChI is InChI=1S/C17H21N5/c1-14-9-17(2,3)19-16-21(11-18)12-20(13-22(14)16)10-15-7-5-4-6-8-15/h4-9H,10,12-13H2,1-3H3. The SMILES string of the molecule is CC1=CC(C)(C)N=C2N(C#N)CN(Cc3ccccc3)CN12. The molecule has 0 unspecified atom stereocenters. The summed E-state index contributed by atoms with van der Waals surface area (Å²) in [4.78, 5) is 10.7. The van der Waals surface area contributed by atoms with Gasteiger partial charge in [-0.2, -0.15) is 5.26 Å². The fourth-order valence-corrected chi connectivity index (χ4v) is 3.00. The van der Waals surface area contributed by atoms with Gasteiger partial charge in [-0.05, 0) is 32.4 Å². The molecular formula is C17H21N5. The van der Waals surface area contributed by atoms with Gasteiger partial charge in [0.25, 0.3) is 0 Å². The summed E-state index contributed by atoms with van der Waals surface area (Å²) in [6, 6.07) is 10.3. The van der Waals surface area contributed by atoms with Crippen LogP contribution >= 0.6 is 0 Å². The second-order valence-corrected chi connectivity index (χ2v) is 6.40. The number of rotatable bonds is 2. The van der Waals surface area contributed by atoms with E-state index in [-0.39, 0.29) is 5.54 Å². The molecule has 114 valence electrons. The molecule has 2 heterocycles. The van der Waals surface area contributed by atoms with Crippen molar-refractivity contribution in [3.63, 3.8) is 0 Å². The van der Waals surface area contributed by atoms with Crippen LogP contribution in [0, 0.1) is 11.5 Å². The van der Waals surface area contributed by atoms with Crippen molar-refractivity contribution in [2.75, 3.05) is 13.3 Å². The van der Waals surface area contributed by atoms with Gasteiger partial charge in [-0.15, -0.1) is 0 Å². The maximum Gasteiger partial charge on any atom is 0.217 e. The van der Waals surface area contributed by atoms with Crippen molar-refractivity contribution < 1.29 is 0 Å². The van der Waals surface area contributed by atoms with E-state index in [0.29, 0.717) is 6.67 Å². The number of hydrogen-bond donors (Lipinski definition) is 0. The van der Waals surface area contributed by atoms with E-state index in [1.54, 1.807) is 4.90 Å². The third-order valence-electron chi connectivity index (χ3n) is 3.91. The van der Waals surface area contributed by atoms with Crippen LogP contribution in [0.1, 0.15) is 26.3 Å². The summed E-state index contributed by atoms with van der Waals surface area (Å²) in [5.41, 5.74) is 2.14. The van der Waals surface area contributed by atoms with E-state index in [0.717, 1.165) is 24.9 Å². The molecule has 0 aliphatic carbocycles. The first-order valence-corrected chi connectivity index (χ1v) is 7.49. The van der Waals surface area contributed by atoms with Crippen molar-refractivity contribution in [3.05, 3.63) is 47.7 Å². The summed E-state index contributed by atoms with van der Waals surface area (Å²) in [6.07, 6.45) is 4.42. The van der Waals surface area contributed by atoms with Crippen molar-refractivity contribution in [2.24, 2.45) is 4.99 Å². The summed E-state index contributed by atoms with van der Waals surface area (Å²) < 4.78 is 0. The molecule has 0 N–H and O–H groups in total. The Morgan fingerprint density at radius 3 is 2.64 bits per heavy atom. The molecule has 0 amide bonds. The zero-order valence-corrected chi connectivity index (χ0v) is 13.3. The zero-order chi connectivity index (χ0) is 15.7. The lowest BCUT2D eigenvalue weighted by atomic mass is 10.0. The van der Waals surface area contributed by atoms with Crippen LogP contribution in [-0.4, -0.2) is 39.5 Å². The molecule has 5 nitrogen and oxygen atoms in total. The minimum Gasteiger partial charge on any atom is -0.302 e. The Morgan fingerprint density at radius 2 is 1.95 bits per heavy atom. The average Bonchev–Trinajstić information content (AvgIpc) is 2.47. The summed E-state index contributed by atoms with van der Waals surface area (Å²) in [5, 5.41) is 9.49. The number of aliphatic imine (C=N–C) groups is 1. The number of benzene rings is 1. The predicted octanol–water partition coefficient (Wildman–Crippen LogP) is 2.55. The van der Waals surface area contributed by atoms with E-state index in [1.165, 1.54) is 5.56 Å². The minimum atomic E-state index is -0.257. The molecule has 22 heavy (non-hydrogen) atoms. The third-order valence-corrected chi connectivity index (χ3v) is 3.91. The van der Waals surface area contributed by atoms with E-state index in [9.17, 15) is 5.26 Å². The zero-order valence-electron chi connectivity index (χ0n) is 13.3. The second kappa shape index (κ2) is 5.47. The van der Waals surface area contributed by atoms with Gasteiger partial charge in [-0.3, -0.25) is 4.90 Å². The van der Waals surface area contributed by atoms with Gasteiger partial charge in [0.1, 0.15) is 0 Å². The van der Waals surface area contributed by atoms with E-state index in [4.69, 9.17) is 4.99 Å². The van der Waals surface area contributed by atoms with Gasteiger partial charge in [0.2, 0.25) is 5.96 Å². The number of fused-ring (bicyclic) bond motifs is 1. The molecule has 0 saturated carbocycles. The lowest BCUT2D eigenvalue weighted by Gasteiger charge is -2.45. The van der Waals surface area contributed by atoms with Crippen molar-refractivity contribution in [2.45, 2.75) is 32.9 Å². The van der Waals surface area contributed by atoms with Gasteiger partial charge in [-0.25, -0.2) is 9.89 Å². The average molecular weight is 295 g/mol. The molecule has 0 bridgehead atoms. The Kier molecular flexibility index (Phi) is 3.63. The molecule has 0 spiro atoms. The Bertz CT molecular complexity index is 653. The van der Waals surface area contributed by atoms with Gasteiger partial charge in [0.05, 0.1) is 18.9 Å². The molecule has 1 fully saturated rings. The molecule has 0 atom stereocenters. The van der Waals surface area contributed by atoms with Gasteiger partial charge >= 0.3 is 0 Å². The van der Waals surface area contributed by atoms with Gasteiger partial charge in [-0.1, -0.05) is 30.3 Å². The van der Waals surface area contributed by atoms with Crippen LogP contribution in [0.4, 0.5) is 0 Å². The first-order chi connectivity index (χ1) is 10.5. The smallest absolute Gasteiger partial charge is 0.217 e. The Hall–Kier alpha value is -2.32. The predicted molar refractivity (Wildman–Crippen MR) is 86.3 cm³/mol. The van der Waals surface area contributed by atoms with E-state index in [1.807, 2.05) is 18.2 Å². The van der Waals surface area contributed by atoms with Gasteiger partial charge in [0.15, 0.2) is 6.19 Å². The van der Waals surface area contributed by atoms with Crippen molar-refractivity contribution in [1.82, 2.24) is 14.7 Å². The monoisotopic (exact) mass is 295 g/mol. The highest BCUT2D eigenvalue weighted by atomic mass is 15.5. The van der Waals surface area contributed by atoms with Crippen molar-refractivity contribution in [1.29, 1.82) is 5.26 Å². The van der Waals surface area contributed by atoms with Gasteiger partial charge in [0, 0.05) is 12.2 Å². The largest absolute Gasteiger partial charge is 0.302 e. The lowest BCUT2D eigenvalue weighted by molar-refractivity contribution is 0.109. The number of nitriles is 1. The molecule has 2 aliphatic rings. The first-order valence-electron chi connectivity index (χ1n) is 7.49. The summed E-state index contributed by atoms with van der Waals surface area (Å²) in [5.74, 6) is 0.761. The molecule has 1 saturated heterocycles. The highest BCUT2D eigenvalue weighted by Gasteiger charge is 2.34. The summed E-state index contributed by atoms with van der Waals surface area (Å²) >= 11 is 0. The molecule has 2 aliphatic heterocycles. The second-order valence-electron chi connectivity index (χ2n) is 6.40. The minimum absolute atomic E-state index is 0.257. The van der Waals surface area contributed by atoms with E-state index < -0.39 is 0 Å². The lowest BCUT2D eigenvalue weighted by Crippen LogP contribution is -2.58. The van der Waals surface area contributed by atoms with E-state index >= 15 is 0 Å². The quantitative estimate of drug-likeness (QED) is 0.787. The van der Waals surface area contributed by atoms with Crippen LogP contribution in [-0.2, 0) is 6.54 Å². The summed E-state index contributed by atoms with van der Waals surface area (Å²) in [6.45, 7) is 8.35. The van der Waals surface area contributed by atoms with Crippen LogP contribution in [0.2, 0.25) is 0 Å². The molecule has 3 rings (SSSR count). The first kappa shape index (κ1) is 14.6. The molecule has 1 aromatic rings. The fourth-order valence-electron chi connectivity index (χ4n) is 3.00. The van der Waals surface area contributed by atoms with Crippen LogP contribution in [0.5, 0.6) is 0 Å². The Labute approximate surface area is 131 Å². The van der Waals surface area contributed by atoms with Crippen LogP contribution in [0.3, 0.4) is 0 Å². The summed E-state index contributed by atoms with van der Waals surface area (Å²) in [7, 11) is 0. The molecule has 1 aromatic carbocycles. The Morgan fingerprint density at radius 1 is 1.23 bits per heavy atom. The molecule has 0 radical (unpaired) electrons. The molecule has 0 aromatic heterocycles. The molecule has 5 heteroatoms. The maximum atomic E-state index is 9.49. The molecular weight excluding hydrogens is 274 g/mol. The maximum absolute atomic E-state index is 9.49. The number of allylic oxidation sites excluding steroid dienone is 1. The highest BCUT2D eigenvalue weighted by molar-refractivity contribution is 5.85. The van der Waals surface area contributed by atoms with Crippen LogP contribution < -0.4 is 0 Å². The number of nitrogens with zero attached hydrogens (tertiary/aromatic N) is 5. The van der Waals surface area contributed by atoms with Crippen LogP contribution in [0.15, 0.2) is 47.1 Å². The van der Waals surface area contributed by atoms with E-state index in [2.05, 4.69) is 55.0 Å². The normalized spacial score (nSPS) is 20.8.